The fourth-order valence-corrected chi connectivity index (χ4v) is 3.26. The molecule has 1 heterocycles. The first-order valence-corrected chi connectivity index (χ1v) is 7.76. The Morgan fingerprint density at radius 2 is 0.957 bits per heavy atom. The molecule has 2 aromatic carbocycles. The van der Waals surface area contributed by atoms with Gasteiger partial charge in [-0.05, 0) is 47.5 Å². The van der Waals surface area contributed by atoms with Crippen molar-refractivity contribution in [1.29, 1.82) is 0 Å². The second-order valence-corrected chi connectivity index (χ2v) is 6.13. The summed E-state index contributed by atoms with van der Waals surface area (Å²) in [5.74, 6) is -0.865. The summed E-state index contributed by atoms with van der Waals surface area (Å²) in [5.41, 5.74) is 13.5. The number of thiophene rings is 1. The van der Waals surface area contributed by atoms with E-state index >= 15 is 0 Å². The Labute approximate surface area is 137 Å². The number of hydrogen-bond acceptors (Lipinski definition) is 3. The summed E-state index contributed by atoms with van der Waals surface area (Å²) in [6, 6.07) is 18.5. The van der Waals surface area contributed by atoms with Crippen LogP contribution in [0.3, 0.4) is 0 Å². The monoisotopic (exact) mass is 322 g/mol. The van der Waals surface area contributed by atoms with Crippen LogP contribution in [0.25, 0.3) is 20.9 Å². The maximum Gasteiger partial charge on any atom is 0.248 e. The van der Waals surface area contributed by atoms with Crippen molar-refractivity contribution in [1.82, 2.24) is 0 Å². The Morgan fingerprint density at radius 3 is 1.26 bits per heavy atom. The molecule has 2 amide bonds. The molecule has 0 aliphatic carbocycles. The van der Waals surface area contributed by atoms with Crippen LogP contribution in [0, 0.1) is 0 Å². The molecule has 4 nitrogen and oxygen atoms in total. The molecule has 0 saturated carbocycles. The Bertz CT molecular complexity index is 793. The molecule has 1 aromatic heterocycles. The van der Waals surface area contributed by atoms with E-state index in [1.54, 1.807) is 35.6 Å². The van der Waals surface area contributed by atoms with Crippen LogP contribution in [-0.4, -0.2) is 11.8 Å². The molecule has 0 aliphatic rings. The van der Waals surface area contributed by atoms with Crippen molar-refractivity contribution in [2.75, 3.05) is 0 Å². The summed E-state index contributed by atoms with van der Waals surface area (Å²) >= 11 is 1.64. The highest BCUT2D eigenvalue weighted by Gasteiger charge is 2.07. The third-order valence-corrected chi connectivity index (χ3v) is 4.70. The summed E-state index contributed by atoms with van der Waals surface area (Å²) in [6.07, 6.45) is 0. The van der Waals surface area contributed by atoms with Gasteiger partial charge in [0.05, 0.1) is 0 Å². The van der Waals surface area contributed by atoms with Gasteiger partial charge in [0.2, 0.25) is 11.8 Å². The van der Waals surface area contributed by atoms with Crippen molar-refractivity contribution in [2.45, 2.75) is 0 Å². The molecule has 0 fully saturated rings. The van der Waals surface area contributed by atoms with E-state index < -0.39 is 11.8 Å². The lowest BCUT2D eigenvalue weighted by atomic mass is 10.1. The van der Waals surface area contributed by atoms with Gasteiger partial charge >= 0.3 is 0 Å². The van der Waals surface area contributed by atoms with Gasteiger partial charge in [-0.2, -0.15) is 0 Å². The highest BCUT2D eigenvalue weighted by atomic mass is 32.1. The van der Waals surface area contributed by atoms with Gasteiger partial charge in [-0.15, -0.1) is 11.3 Å². The predicted molar refractivity (Wildman–Crippen MR) is 92.2 cm³/mol. The molecule has 114 valence electrons. The van der Waals surface area contributed by atoms with Crippen molar-refractivity contribution in [3.63, 3.8) is 0 Å². The molecule has 4 N–H and O–H groups in total. The van der Waals surface area contributed by atoms with Crippen molar-refractivity contribution in [2.24, 2.45) is 11.5 Å². The Kier molecular flexibility index (Phi) is 3.95. The van der Waals surface area contributed by atoms with Crippen LogP contribution in [0.4, 0.5) is 0 Å². The van der Waals surface area contributed by atoms with Crippen LogP contribution in [0.15, 0.2) is 60.7 Å². The molecule has 0 saturated heterocycles. The standard InChI is InChI=1S/C18H14N2O2S/c19-17(21)13-5-1-11(2-6-13)15-9-10-16(23-15)12-3-7-14(8-4-12)18(20)22/h1-10H,(H2,19,21)(H2,20,22). The highest BCUT2D eigenvalue weighted by molar-refractivity contribution is 7.18. The number of carbonyl (C=O) groups excluding carboxylic acids is 2. The van der Waals surface area contributed by atoms with E-state index in [2.05, 4.69) is 0 Å². The maximum absolute atomic E-state index is 11.1. The maximum atomic E-state index is 11.1. The Morgan fingerprint density at radius 1 is 0.609 bits per heavy atom. The van der Waals surface area contributed by atoms with E-state index in [1.807, 2.05) is 36.4 Å². The van der Waals surface area contributed by atoms with Gasteiger partial charge in [0.15, 0.2) is 0 Å². The Hall–Kier alpha value is -2.92. The minimum absolute atomic E-state index is 0.432. The van der Waals surface area contributed by atoms with Crippen LogP contribution in [0.5, 0.6) is 0 Å². The molecule has 0 unspecified atom stereocenters. The molecule has 5 heteroatoms. The van der Waals surface area contributed by atoms with Crippen LogP contribution in [0.2, 0.25) is 0 Å². The molecule has 0 bridgehead atoms. The highest BCUT2D eigenvalue weighted by Crippen LogP contribution is 2.34. The molecule has 0 atom stereocenters. The summed E-state index contributed by atoms with van der Waals surface area (Å²) in [4.78, 5) is 24.4. The van der Waals surface area contributed by atoms with Crippen LogP contribution < -0.4 is 11.5 Å². The van der Waals surface area contributed by atoms with Crippen LogP contribution in [-0.2, 0) is 0 Å². The van der Waals surface area contributed by atoms with Crippen molar-refractivity contribution in [3.05, 3.63) is 71.8 Å². The van der Waals surface area contributed by atoms with Crippen molar-refractivity contribution < 1.29 is 9.59 Å². The average Bonchev–Trinajstić information content (AvgIpc) is 3.05. The molecule has 23 heavy (non-hydrogen) atoms. The van der Waals surface area contributed by atoms with E-state index in [4.69, 9.17) is 11.5 Å². The van der Waals surface area contributed by atoms with Crippen LogP contribution >= 0.6 is 11.3 Å². The lowest BCUT2D eigenvalue weighted by molar-refractivity contribution is 0.0992. The van der Waals surface area contributed by atoms with Gasteiger partial charge in [0.1, 0.15) is 0 Å². The first-order valence-electron chi connectivity index (χ1n) is 6.95. The largest absolute Gasteiger partial charge is 0.366 e. The molecular weight excluding hydrogens is 308 g/mol. The predicted octanol–water partition coefficient (Wildman–Crippen LogP) is 3.28. The lowest BCUT2D eigenvalue weighted by Crippen LogP contribution is -2.10. The normalized spacial score (nSPS) is 10.4. The van der Waals surface area contributed by atoms with Gasteiger partial charge < -0.3 is 11.5 Å². The topological polar surface area (TPSA) is 86.2 Å². The first-order chi connectivity index (χ1) is 11.0. The van der Waals surface area contributed by atoms with Gasteiger partial charge in [-0.3, -0.25) is 9.59 Å². The van der Waals surface area contributed by atoms with E-state index in [0.717, 1.165) is 20.9 Å². The van der Waals surface area contributed by atoms with E-state index in [1.165, 1.54) is 0 Å². The zero-order valence-corrected chi connectivity index (χ0v) is 13.0. The molecule has 0 aliphatic heterocycles. The number of hydrogen-bond donors (Lipinski definition) is 2. The van der Waals surface area contributed by atoms with E-state index in [-0.39, 0.29) is 0 Å². The Balaban J connectivity index is 1.87. The summed E-state index contributed by atoms with van der Waals surface area (Å²) < 4.78 is 0. The lowest BCUT2D eigenvalue weighted by Gasteiger charge is -2.00. The van der Waals surface area contributed by atoms with E-state index in [9.17, 15) is 9.59 Å². The smallest absolute Gasteiger partial charge is 0.248 e. The fraction of sp³-hybridized carbons (Fsp3) is 0. The molecule has 3 aromatic rings. The molecule has 3 rings (SSSR count). The van der Waals surface area contributed by atoms with Gasteiger partial charge in [-0.25, -0.2) is 0 Å². The third kappa shape index (κ3) is 3.14. The number of nitrogens with two attached hydrogens (primary N) is 2. The zero-order chi connectivity index (χ0) is 16.4. The zero-order valence-electron chi connectivity index (χ0n) is 12.2. The number of benzene rings is 2. The average molecular weight is 322 g/mol. The second-order valence-electron chi connectivity index (χ2n) is 5.05. The van der Waals surface area contributed by atoms with Crippen molar-refractivity contribution >= 4 is 23.2 Å². The van der Waals surface area contributed by atoms with E-state index in [0.29, 0.717) is 11.1 Å². The van der Waals surface area contributed by atoms with Crippen LogP contribution in [0.1, 0.15) is 20.7 Å². The minimum atomic E-state index is -0.432. The minimum Gasteiger partial charge on any atom is -0.366 e. The summed E-state index contributed by atoms with van der Waals surface area (Å²) in [5, 5.41) is 0. The first kappa shape index (κ1) is 15.0. The van der Waals surface area contributed by atoms with Gasteiger partial charge in [0.25, 0.3) is 0 Å². The number of primary amides is 2. The molecule has 0 radical (unpaired) electrons. The molecular formula is C18H14N2O2S. The quantitative estimate of drug-likeness (QED) is 0.772. The van der Waals surface area contributed by atoms with Gasteiger partial charge in [-0.1, -0.05) is 24.3 Å². The summed E-state index contributed by atoms with van der Waals surface area (Å²) in [6.45, 7) is 0. The third-order valence-electron chi connectivity index (χ3n) is 3.51. The second kappa shape index (κ2) is 6.06. The number of amides is 2. The number of carbonyl (C=O) groups is 2. The fourth-order valence-electron chi connectivity index (χ4n) is 2.25. The van der Waals surface area contributed by atoms with Crippen molar-refractivity contribution in [3.8, 4) is 20.9 Å². The SMILES string of the molecule is NC(=O)c1ccc(-c2ccc(-c3ccc(C(N)=O)cc3)s2)cc1. The molecule has 0 spiro atoms. The summed E-state index contributed by atoms with van der Waals surface area (Å²) in [7, 11) is 0. The van der Waals surface area contributed by atoms with Gasteiger partial charge in [0, 0.05) is 20.9 Å². The number of rotatable bonds is 4.